The Morgan fingerprint density at radius 2 is 1.63 bits per heavy atom. The highest BCUT2D eigenvalue weighted by Crippen LogP contribution is 2.35. The van der Waals surface area contributed by atoms with Gasteiger partial charge in [0.1, 0.15) is 23.6 Å². The molecule has 0 radical (unpaired) electrons. The maximum absolute atomic E-state index is 13.0. The van der Waals surface area contributed by atoms with Crippen LogP contribution in [0.25, 0.3) is 10.9 Å². The summed E-state index contributed by atoms with van der Waals surface area (Å²) >= 11 is 3.54. The van der Waals surface area contributed by atoms with Gasteiger partial charge < -0.3 is 19.5 Å². The van der Waals surface area contributed by atoms with Crippen LogP contribution >= 0.6 is 15.9 Å². The summed E-state index contributed by atoms with van der Waals surface area (Å²) in [6.45, 7) is 11.6. The van der Waals surface area contributed by atoms with Gasteiger partial charge in [0.25, 0.3) is 0 Å². The van der Waals surface area contributed by atoms with Gasteiger partial charge >= 0.3 is 12.2 Å². The Balaban J connectivity index is 1.94. The zero-order chi connectivity index (χ0) is 25.8. The molecule has 0 aliphatic heterocycles. The van der Waals surface area contributed by atoms with Crippen LogP contribution in [0.5, 0.6) is 5.75 Å². The minimum atomic E-state index is -0.648. The summed E-state index contributed by atoms with van der Waals surface area (Å²) in [6.07, 6.45) is 1.24. The van der Waals surface area contributed by atoms with E-state index < -0.39 is 23.4 Å². The van der Waals surface area contributed by atoms with Crippen molar-refractivity contribution < 1.29 is 23.8 Å². The Morgan fingerprint density at radius 3 is 2.26 bits per heavy atom. The molecule has 1 heterocycles. The second-order valence-corrected chi connectivity index (χ2v) is 11.2. The summed E-state index contributed by atoms with van der Waals surface area (Å²) in [5.41, 5.74) is 1.30. The number of amides is 1. The average Bonchev–Trinajstić information content (AvgIpc) is 3.09. The molecule has 0 saturated heterocycles. The Bertz CT molecular complexity index is 1190. The molecule has 0 atom stereocenters. The number of aromatic nitrogens is 1. The number of hydrogen-bond donors (Lipinski definition) is 1. The molecule has 0 spiro atoms. The molecule has 0 saturated carbocycles. The minimum absolute atomic E-state index is 0.330. The van der Waals surface area contributed by atoms with Crippen molar-refractivity contribution in [1.82, 2.24) is 9.88 Å². The molecule has 0 fully saturated rings. The van der Waals surface area contributed by atoms with Crippen molar-refractivity contribution in [2.75, 3.05) is 6.54 Å². The molecule has 0 aliphatic rings. The summed E-state index contributed by atoms with van der Waals surface area (Å²) in [6, 6.07) is 13.6. The molecule has 3 rings (SSSR count). The Morgan fingerprint density at radius 1 is 0.971 bits per heavy atom. The van der Waals surface area contributed by atoms with Crippen molar-refractivity contribution in [3.63, 3.8) is 0 Å². The molecule has 188 valence electrons. The van der Waals surface area contributed by atoms with Gasteiger partial charge in [0.2, 0.25) is 0 Å². The van der Waals surface area contributed by atoms with E-state index in [9.17, 15) is 9.59 Å². The van der Waals surface area contributed by atoms with E-state index in [4.69, 9.17) is 14.2 Å². The zero-order valence-corrected chi connectivity index (χ0v) is 22.7. The van der Waals surface area contributed by atoms with Crippen molar-refractivity contribution in [3.05, 3.63) is 64.3 Å². The number of fused-ring (bicyclic) bond motifs is 1. The van der Waals surface area contributed by atoms with E-state index in [1.165, 1.54) is 4.57 Å². The molecule has 0 unspecified atom stereocenters. The molecule has 7 nitrogen and oxygen atoms in total. The van der Waals surface area contributed by atoms with Crippen molar-refractivity contribution in [2.24, 2.45) is 0 Å². The SMILES string of the molecule is CC(C)(C)OC(=O)NCCc1cn(C(=O)OC(C)(C)C)c2cc(Br)cc(OCc3ccccc3)c12. The number of ether oxygens (including phenoxy) is 3. The lowest BCUT2D eigenvalue weighted by Crippen LogP contribution is -2.33. The first-order valence-corrected chi connectivity index (χ1v) is 12.3. The quantitative estimate of drug-likeness (QED) is 0.367. The fraction of sp³-hybridized carbons (Fsp3) is 0.407. The predicted octanol–water partition coefficient (Wildman–Crippen LogP) is 6.83. The van der Waals surface area contributed by atoms with Gasteiger partial charge in [0, 0.05) is 22.6 Å². The summed E-state index contributed by atoms with van der Waals surface area (Å²) in [4.78, 5) is 25.1. The smallest absolute Gasteiger partial charge is 0.419 e. The van der Waals surface area contributed by atoms with E-state index in [-0.39, 0.29) is 0 Å². The van der Waals surface area contributed by atoms with Crippen molar-refractivity contribution >= 4 is 39.0 Å². The molecule has 0 bridgehead atoms. The number of carbonyl (C=O) groups excluding carboxylic acids is 2. The first-order chi connectivity index (χ1) is 16.3. The molecule has 35 heavy (non-hydrogen) atoms. The number of nitrogens with zero attached hydrogens (tertiary/aromatic N) is 1. The molecule has 0 aliphatic carbocycles. The number of benzene rings is 2. The largest absolute Gasteiger partial charge is 0.488 e. The summed E-state index contributed by atoms with van der Waals surface area (Å²) in [5.74, 6) is 0.632. The van der Waals surface area contributed by atoms with Crippen LogP contribution in [0.2, 0.25) is 0 Å². The first-order valence-electron chi connectivity index (χ1n) is 11.5. The molecule has 2 aromatic carbocycles. The first kappa shape index (κ1) is 26.6. The number of nitrogens with one attached hydrogen (secondary N) is 1. The van der Waals surface area contributed by atoms with Crippen LogP contribution in [0.15, 0.2) is 53.1 Å². The monoisotopic (exact) mass is 544 g/mol. The van der Waals surface area contributed by atoms with E-state index in [0.717, 1.165) is 21.0 Å². The van der Waals surface area contributed by atoms with Crippen LogP contribution in [-0.2, 0) is 22.5 Å². The standard InChI is InChI=1S/C27H33BrN2O5/c1-26(2,3)34-24(31)29-13-12-19-16-30(25(32)35-27(4,5)6)21-14-20(28)15-22(23(19)21)33-17-18-10-8-7-9-11-18/h7-11,14-16H,12-13,17H2,1-6H3,(H,29,31). The van der Waals surface area contributed by atoms with Gasteiger partial charge in [-0.25, -0.2) is 9.59 Å². The lowest BCUT2D eigenvalue weighted by molar-refractivity contribution is 0.0521. The van der Waals surface area contributed by atoms with Crippen LogP contribution in [0.3, 0.4) is 0 Å². The van der Waals surface area contributed by atoms with Gasteiger partial charge in [-0.15, -0.1) is 0 Å². The highest BCUT2D eigenvalue weighted by Gasteiger charge is 2.23. The number of carbonyl (C=O) groups is 2. The average molecular weight is 545 g/mol. The molecule has 3 aromatic rings. The van der Waals surface area contributed by atoms with Gasteiger partial charge in [0.15, 0.2) is 0 Å². The highest BCUT2D eigenvalue weighted by atomic mass is 79.9. The van der Waals surface area contributed by atoms with Crippen molar-refractivity contribution in [1.29, 1.82) is 0 Å². The van der Waals surface area contributed by atoms with Gasteiger partial charge in [-0.3, -0.25) is 4.57 Å². The molecule has 8 heteroatoms. The molecule has 1 amide bonds. The minimum Gasteiger partial charge on any atom is -0.488 e. The van der Waals surface area contributed by atoms with Crippen LogP contribution < -0.4 is 10.1 Å². The summed E-state index contributed by atoms with van der Waals surface area (Å²) in [5, 5.41) is 3.57. The third-order valence-corrected chi connectivity index (χ3v) is 5.26. The molecular formula is C27H33BrN2O5. The lowest BCUT2D eigenvalue weighted by Gasteiger charge is -2.20. The second kappa shape index (κ2) is 10.7. The van der Waals surface area contributed by atoms with Gasteiger partial charge in [-0.05, 0) is 71.2 Å². The fourth-order valence-corrected chi connectivity index (χ4v) is 3.91. The van der Waals surface area contributed by atoms with E-state index in [1.807, 2.05) is 84.0 Å². The molecular weight excluding hydrogens is 512 g/mol. The molecule has 1 aromatic heterocycles. The normalized spacial score (nSPS) is 11.9. The van der Waals surface area contributed by atoms with Gasteiger partial charge in [-0.1, -0.05) is 46.3 Å². The highest BCUT2D eigenvalue weighted by molar-refractivity contribution is 9.10. The Labute approximate surface area is 214 Å². The van der Waals surface area contributed by atoms with E-state index in [1.54, 1.807) is 6.20 Å². The third kappa shape index (κ3) is 7.75. The zero-order valence-electron chi connectivity index (χ0n) is 21.1. The lowest BCUT2D eigenvalue weighted by atomic mass is 10.1. The number of alkyl carbamates (subject to hydrolysis) is 1. The topological polar surface area (TPSA) is 78.8 Å². The summed E-state index contributed by atoms with van der Waals surface area (Å²) < 4.78 is 19.4. The van der Waals surface area contributed by atoms with E-state index >= 15 is 0 Å². The maximum Gasteiger partial charge on any atom is 0.419 e. The maximum atomic E-state index is 13.0. The van der Waals surface area contributed by atoms with Gasteiger partial charge in [0.05, 0.1) is 5.52 Å². The number of rotatable bonds is 6. The third-order valence-electron chi connectivity index (χ3n) is 4.80. The van der Waals surface area contributed by atoms with Crippen molar-refractivity contribution in [3.8, 4) is 5.75 Å². The second-order valence-electron chi connectivity index (χ2n) is 10.3. The van der Waals surface area contributed by atoms with Crippen LogP contribution in [0.4, 0.5) is 9.59 Å². The fourth-order valence-electron chi connectivity index (χ4n) is 3.49. The van der Waals surface area contributed by atoms with E-state index in [2.05, 4.69) is 21.2 Å². The van der Waals surface area contributed by atoms with Crippen LogP contribution in [-0.4, -0.2) is 34.5 Å². The van der Waals surface area contributed by atoms with Crippen molar-refractivity contribution in [2.45, 2.75) is 65.8 Å². The summed E-state index contributed by atoms with van der Waals surface area (Å²) in [7, 11) is 0. The van der Waals surface area contributed by atoms with E-state index in [0.29, 0.717) is 30.8 Å². The van der Waals surface area contributed by atoms with Crippen LogP contribution in [0, 0.1) is 0 Å². The number of halogens is 1. The molecule has 1 N–H and O–H groups in total. The predicted molar refractivity (Wildman–Crippen MR) is 140 cm³/mol. The van der Waals surface area contributed by atoms with Gasteiger partial charge in [-0.2, -0.15) is 0 Å². The van der Waals surface area contributed by atoms with Crippen LogP contribution in [0.1, 0.15) is 52.7 Å². The number of hydrogen-bond acceptors (Lipinski definition) is 5. The Hall–Kier alpha value is -3.00. The Kier molecular flexibility index (Phi) is 8.15.